The van der Waals surface area contributed by atoms with Crippen molar-refractivity contribution in [1.82, 2.24) is 4.98 Å². The monoisotopic (exact) mass is 210 g/mol. The van der Waals surface area contributed by atoms with Crippen LogP contribution in [0.1, 0.15) is 19.0 Å². The number of ether oxygens (including phenoxy) is 2. The first-order valence-corrected chi connectivity index (χ1v) is 5.23. The molecule has 0 aliphatic carbocycles. The van der Waals surface area contributed by atoms with E-state index in [0.717, 1.165) is 18.7 Å². The molecule has 0 radical (unpaired) electrons. The Morgan fingerprint density at radius 2 is 2.13 bits per heavy atom. The van der Waals surface area contributed by atoms with E-state index in [9.17, 15) is 0 Å². The van der Waals surface area contributed by atoms with E-state index in [1.54, 1.807) is 0 Å². The Hall–Kier alpha value is -1.13. The maximum atomic E-state index is 5.47. The molecule has 0 saturated carbocycles. The molecular formula is C11H18N2O2. The standard InChI is InChI=1S/C11H18N2O2/c1-2-6-14-7-8-15-11-5-3-4-10(9-12)13-11/h3-5H,2,6-9,12H2,1H3. The molecule has 0 fully saturated rings. The van der Waals surface area contributed by atoms with Gasteiger partial charge in [-0.05, 0) is 12.5 Å². The molecule has 1 aromatic rings. The van der Waals surface area contributed by atoms with Crippen molar-refractivity contribution >= 4 is 0 Å². The Bertz CT molecular complexity index is 279. The predicted octanol–water partition coefficient (Wildman–Crippen LogP) is 1.35. The smallest absolute Gasteiger partial charge is 0.213 e. The van der Waals surface area contributed by atoms with E-state index >= 15 is 0 Å². The van der Waals surface area contributed by atoms with Crippen molar-refractivity contribution in [3.8, 4) is 5.88 Å². The third-order valence-electron chi connectivity index (χ3n) is 1.82. The number of hydrogen-bond acceptors (Lipinski definition) is 4. The van der Waals surface area contributed by atoms with Crippen molar-refractivity contribution in [1.29, 1.82) is 0 Å². The van der Waals surface area contributed by atoms with Gasteiger partial charge < -0.3 is 15.2 Å². The lowest BCUT2D eigenvalue weighted by Crippen LogP contribution is -2.09. The van der Waals surface area contributed by atoms with Crippen LogP contribution in [0.15, 0.2) is 18.2 Å². The van der Waals surface area contributed by atoms with E-state index < -0.39 is 0 Å². The van der Waals surface area contributed by atoms with E-state index in [4.69, 9.17) is 15.2 Å². The molecule has 0 atom stereocenters. The number of nitrogens with zero attached hydrogens (tertiary/aromatic N) is 1. The molecule has 0 aliphatic heterocycles. The summed E-state index contributed by atoms with van der Waals surface area (Å²) in [6, 6.07) is 5.58. The molecule has 0 aliphatic rings. The van der Waals surface area contributed by atoms with Crippen molar-refractivity contribution in [2.24, 2.45) is 5.73 Å². The predicted molar refractivity (Wildman–Crippen MR) is 58.7 cm³/mol. The summed E-state index contributed by atoms with van der Waals surface area (Å²) in [5.74, 6) is 0.609. The number of hydrogen-bond donors (Lipinski definition) is 1. The molecule has 15 heavy (non-hydrogen) atoms. The highest BCUT2D eigenvalue weighted by atomic mass is 16.5. The molecule has 1 heterocycles. The van der Waals surface area contributed by atoms with Crippen molar-refractivity contribution in [2.75, 3.05) is 19.8 Å². The van der Waals surface area contributed by atoms with E-state index in [0.29, 0.717) is 25.6 Å². The highest BCUT2D eigenvalue weighted by molar-refractivity contribution is 5.15. The first kappa shape index (κ1) is 11.9. The van der Waals surface area contributed by atoms with Crippen molar-refractivity contribution in [2.45, 2.75) is 19.9 Å². The average Bonchev–Trinajstić information content (AvgIpc) is 2.29. The summed E-state index contributed by atoms with van der Waals surface area (Å²) < 4.78 is 10.7. The molecule has 1 rings (SSSR count). The molecule has 0 unspecified atom stereocenters. The van der Waals surface area contributed by atoms with Crippen LogP contribution in [0.2, 0.25) is 0 Å². The molecule has 0 spiro atoms. The number of rotatable bonds is 7. The quantitative estimate of drug-likeness (QED) is 0.690. The van der Waals surface area contributed by atoms with Crippen LogP contribution in [0, 0.1) is 0 Å². The topological polar surface area (TPSA) is 57.4 Å². The third kappa shape index (κ3) is 4.76. The van der Waals surface area contributed by atoms with Crippen molar-refractivity contribution < 1.29 is 9.47 Å². The molecule has 0 amide bonds. The Labute approximate surface area is 90.4 Å². The fourth-order valence-corrected chi connectivity index (χ4v) is 1.10. The average molecular weight is 210 g/mol. The molecule has 0 aromatic carbocycles. The van der Waals surface area contributed by atoms with Gasteiger partial charge in [0, 0.05) is 19.2 Å². The maximum Gasteiger partial charge on any atom is 0.213 e. The van der Waals surface area contributed by atoms with Gasteiger partial charge in [-0.15, -0.1) is 0 Å². The van der Waals surface area contributed by atoms with Gasteiger partial charge in [-0.1, -0.05) is 13.0 Å². The molecule has 2 N–H and O–H groups in total. The zero-order chi connectivity index (χ0) is 10.9. The van der Waals surface area contributed by atoms with Crippen LogP contribution in [-0.2, 0) is 11.3 Å². The maximum absolute atomic E-state index is 5.47. The van der Waals surface area contributed by atoms with Crippen molar-refractivity contribution in [3.63, 3.8) is 0 Å². The summed E-state index contributed by atoms with van der Waals surface area (Å²) >= 11 is 0. The van der Waals surface area contributed by atoms with Crippen molar-refractivity contribution in [3.05, 3.63) is 23.9 Å². The van der Waals surface area contributed by atoms with Crippen LogP contribution < -0.4 is 10.5 Å². The van der Waals surface area contributed by atoms with Gasteiger partial charge in [-0.25, -0.2) is 4.98 Å². The minimum atomic E-state index is 0.434. The molecule has 84 valence electrons. The SMILES string of the molecule is CCCOCCOc1cccc(CN)n1. The van der Waals surface area contributed by atoms with E-state index in [1.165, 1.54) is 0 Å². The molecule has 1 aromatic heterocycles. The van der Waals surface area contributed by atoms with Crippen LogP contribution in [0.3, 0.4) is 0 Å². The lowest BCUT2D eigenvalue weighted by atomic mass is 10.3. The molecular weight excluding hydrogens is 192 g/mol. The summed E-state index contributed by atoms with van der Waals surface area (Å²) in [4.78, 5) is 4.21. The van der Waals surface area contributed by atoms with E-state index in [-0.39, 0.29) is 0 Å². The highest BCUT2D eigenvalue weighted by Crippen LogP contribution is 2.06. The van der Waals surface area contributed by atoms with Crippen LogP contribution in [0.4, 0.5) is 0 Å². The van der Waals surface area contributed by atoms with Crippen LogP contribution in [0.5, 0.6) is 5.88 Å². The summed E-state index contributed by atoms with van der Waals surface area (Å²) in [6.45, 7) is 4.42. The zero-order valence-corrected chi connectivity index (χ0v) is 9.11. The fourth-order valence-electron chi connectivity index (χ4n) is 1.10. The van der Waals surface area contributed by atoms with E-state index in [2.05, 4.69) is 11.9 Å². The Balaban J connectivity index is 2.24. The van der Waals surface area contributed by atoms with E-state index in [1.807, 2.05) is 18.2 Å². The third-order valence-corrected chi connectivity index (χ3v) is 1.82. The Kier molecular flexibility index (Phi) is 5.73. The van der Waals surface area contributed by atoms with Gasteiger partial charge in [-0.2, -0.15) is 0 Å². The second-order valence-corrected chi connectivity index (χ2v) is 3.13. The lowest BCUT2D eigenvalue weighted by Gasteiger charge is -2.06. The van der Waals surface area contributed by atoms with Gasteiger partial charge in [-0.3, -0.25) is 0 Å². The second kappa shape index (κ2) is 7.20. The van der Waals surface area contributed by atoms with Gasteiger partial charge >= 0.3 is 0 Å². The molecule has 0 bridgehead atoms. The fraction of sp³-hybridized carbons (Fsp3) is 0.545. The molecule has 0 saturated heterocycles. The first-order valence-electron chi connectivity index (χ1n) is 5.23. The number of pyridine rings is 1. The minimum Gasteiger partial charge on any atom is -0.475 e. The van der Waals surface area contributed by atoms with Crippen LogP contribution in [-0.4, -0.2) is 24.8 Å². The Morgan fingerprint density at radius 3 is 2.87 bits per heavy atom. The first-order chi connectivity index (χ1) is 7.36. The second-order valence-electron chi connectivity index (χ2n) is 3.13. The summed E-state index contributed by atoms with van der Waals surface area (Å²) in [5, 5.41) is 0. The van der Waals surface area contributed by atoms with Crippen LogP contribution >= 0.6 is 0 Å². The summed E-state index contributed by atoms with van der Waals surface area (Å²) in [7, 11) is 0. The zero-order valence-electron chi connectivity index (χ0n) is 9.11. The largest absolute Gasteiger partial charge is 0.475 e. The molecule has 4 heteroatoms. The summed E-state index contributed by atoms with van der Waals surface area (Å²) in [5.41, 5.74) is 6.31. The summed E-state index contributed by atoms with van der Waals surface area (Å²) in [6.07, 6.45) is 1.03. The highest BCUT2D eigenvalue weighted by Gasteiger charge is 1.96. The van der Waals surface area contributed by atoms with Gasteiger partial charge in [0.1, 0.15) is 6.61 Å². The van der Waals surface area contributed by atoms with Crippen LogP contribution in [0.25, 0.3) is 0 Å². The normalized spacial score (nSPS) is 10.3. The van der Waals surface area contributed by atoms with Gasteiger partial charge in [0.25, 0.3) is 0 Å². The lowest BCUT2D eigenvalue weighted by molar-refractivity contribution is 0.0989. The van der Waals surface area contributed by atoms with Gasteiger partial charge in [0.15, 0.2) is 0 Å². The minimum absolute atomic E-state index is 0.434. The number of nitrogens with two attached hydrogens (primary N) is 1. The number of aromatic nitrogens is 1. The molecule has 4 nitrogen and oxygen atoms in total. The van der Waals surface area contributed by atoms with Gasteiger partial charge in [0.2, 0.25) is 5.88 Å². The van der Waals surface area contributed by atoms with Gasteiger partial charge in [0.05, 0.1) is 12.3 Å². The Morgan fingerprint density at radius 1 is 1.27 bits per heavy atom.